The molecule has 0 N–H and O–H groups in total. The van der Waals surface area contributed by atoms with Crippen molar-refractivity contribution in [1.29, 1.82) is 0 Å². The second-order valence-electron chi connectivity index (χ2n) is 7.86. The van der Waals surface area contributed by atoms with Crippen molar-refractivity contribution in [2.75, 3.05) is 33.3 Å². The number of amides is 1. The van der Waals surface area contributed by atoms with Crippen molar-refractivity contribution in [3.63, 3.8) is 0 Å². The molecule has 0 saturated carbocycles. The molecule has 1 aliphatic rings. The summed E-state index contributed by atoms with van der Waals surface area (Å²) in [5.41, 5.74) is 3.85. The Morgan fingerprint density at radius 2 is 1.88 bits per heavy atom. The summed E-state index contributed by atoms with van der Waals surface area (Å²) >= 11 is 1.55. The van der Waals surface area contributed by atoms with E-state index in [1.165, 1.54) is 5.56 Å². The standard InChI is InChI=1S/C24H28N4O3S/c1-17-22(18(2)31-26-17)16-32-23-21(5-4-10-25-23)24(29)28-13-11-27(12-14-28)15-19-6-8-20(30-3)9-7-19/h4-10H,11-16H2,1-3H3. The van der Waals surface area contributed by atoms with Crippen LogP contribution in [-0.2, 0) is 12.3 Å². The Morgan fingerprint density at radius 1 is 1.12 bits per heavy atom. The predicted octanol–water partition coefficient (Wildman–Crippen LogP) is 3.95. The molecule has 1 aromatic carbocycles. The van der Waals surface area contributed by atoms with Gasteiger partial charge in [0.15, 0.2) is 0 Å². The van der Waals surface area contributed by atoms with E-state index in [1.54, 1.807) is 25.1 Å². The highest BCUT2D eigenvalue weighted by molar-refractivity contribution is 7.98. The van der Waals surface area contributed by atoms with Gasteiger partial charge in [-0.05, 0) is 43.7 Å². The van der Waals surface area contributed by atoms with Crippen molar-refractivity contribution in [3.8, 4) is 5.75 Å². The van der Waals surface area contributed by atoms with E-state index in [-0.39, 0.29) is 5.91 Å². The van der Waals surface area contributed by atoms with Crippen LogP contribution in [0.3, 0.4) is 0 Å². The van der Waals surface area contributed by atoms with E-state index in [0.29, 0.717) is 24.4 Å². The van der Waals surface area contributed by atoms with Gasteiger partial charge in [0.25, 0.3) is 5.91 Å². The molecule has 1 fully saturated rings. The Morgan fingerprint density at radius 3 is 2.53 bits per heavy atom. The molecule has 32 heavy (non-hydrogen) atoms. The number of nitrogens with zero attached hydrogens (tertiary/aromatic N) is 4. The topological polar surface area (TPSA) is 71.7 Å². The van der Waals surface area contributed by atoms with Crippen LogP contribution in [0.1, 0.15) is 32.9 Å². The molecular formula is C24H28N4O3S. The van der Waals surface area contributed by atoms with Gasteiger partial charge in [0.05, 0.1) is 18.4 Å². The SMILES string of the molecule is COc1ccc(CN2CCN(C(=O)c3cccnc3SCc3c(C)noc3C)CC2)cc1. The molecule has 168 valence electrons. The first-order valence-electron chi connectivity index (χ1n) is 10.7. The normalized spacial score (nSPS) is 14.5. The Balaban J connectivity index is 1.35. The van der Waals surface area contributed by atoms with E-state index in [4.69, 9.17) is 9.26 Å². The highest BCUT2D eigenvalue weighted by Gasteiger charge is 2.24. The Kier molecular flexibility index (Phi) is 7.12. The highest BCUT2D eigenvalue weighted by atomic mass is 32.2. The lowest BCUT2D eigenvalue weighted by Gasteiger charge is -2.35. The molecule has 0 bridgehead atoms. The van der Waals surface area contributed by atoms with Crippen LogP contribution >= 0.6 is 11.8 Å². The number of carbonyl (C=O) groups excluding carboxylic acids is 1. The lowest BCUT2D eigenvalue weighted by Crippen LogP contribution is -2.48. The minimum Gasteiger partial charge on any atom is -0.497 e. The molecule has 7 nitrogen and oxygen atoms in total. The Bertz CT molecular complexity index is 1040. The fourth-order valence-corrected chi connectivity index (χ4v) is 4.93. The first-order chi connectivity index (χ1) is 15.5. The van der Waals surface area contributed by atoms with Gasteiger partial charge in [-0.15, -0.1) is 11.8 Å². The van der Waals surface area contributed by atoms with Gasteiger partial charge in [-0.1, -0.05) is 17.3 Å². The molecule has 2 aromatic heterocycles. The summed E-state index contributed by atoms with van der Waals surface area (Å²) in [6.07, 6.45) is 1.74. The number of ether oxygens (including phenoxy) is 1. The number of hydrogen-bond donors (Lipinski definition) is 0. The lowest BCUT2D eigenvalue weighted by molar-refractivity contribution is 0.0624. The van der Waals surface area contributed by atoms with Crippen LogP contribution in [0.5, 0.6) is 5.75 Å². The van der Waals surface area contributed by atoms with Crippen LogP contribution in [0.2, 0.25) is 0 Å². The smallest absolute Gasteiger partial charge is 0.256 e. The number of carbonyl (C=O) groups is 1. The van der Waals surface area contributed by atoms with Crippen LogP contribution in [0.4, 0.5) is 0 Å². The molecule has 8 heteroatoms. The van der Waals surface area contributed by atoms with Crippen molar-refractivity contribution in [2.24, 2.45) is 0 Å². The Labute approximate surface area is 192 Å². The second-order valence-corrected chi connectivity index (χ2v) is 8.83. The van der Waals surface area contributed by atoms with E-state index in [9.17, 15) is 4.79 Å². The maximum absolute atomic E-state index is 13.3. The molecule has 1 aliphatic heterocycles. The average molecular weight is 453 g/mol. The number of methoxy groups -OCH3 is 1. The summed E-state index contributed by atoms with van der Waals surface area (Å²) in [7, 11) is 1.67. The summed E-state index contributed by atoms with van der Waals surface area (Å²) in [5.74, 6) is 2.40. The molecule has 0 spiro atoms. The molecule has 0 atom stereocenters. The number of rotatable bonds is 7. The summed E-state index contributed by atoms with van der Waals surface area (Å²) < 4.78 is 10.5. The van der Waals surface area contributed by atoms with Gasteiger partial charge < -0.3 is 14.2 Å². The third-order valence-corrected chi connectivity index (χ3v) is 6.79. The van der Waals surface area contributed by atoms with Crippen molar-refractivity contribution in [1.82, 2.24) is 19.9 Å². The van der Waals surface area contributed by atoms with Crippen LogP contribution in [0.25, 0.3) is 0 Å². The third-order valence-electron chi connectivity index (χ3n) is 5.76. The molecule has 3 heterocycles. The molecule has 1 saturated heterocycles. The van der Waals surface area contributed by atoms with E-state index in [0.717, 1.165) is 47.4 Å². The minimum atomic E-state index is 0.0449. The van der Waals surface area contributed by atoms with E-state index in [2.05, 4.69) is 27.2 Å². The van der Waals surface area contributed by atoms with Gasteiger partial charge in [-0.25, -0.2) is 4.98 Å². The summed E-state index contributed by atoms with van der Waals surface area (Å²) in [6.45, 7) is 7.82. The van der Waals surface area contributed by atoms with Gasteiger partial charge in [0.1, 0.15) is 16.5 Å². The van der Waals surface area contributed by atoms with Gasteiger partial charge >= 0.3 is 0 Å². The maximum atomic E-state index is 13.3. The Hall–Kier alpha value is -2.84. The van der Waals surface area contributed by atoms with Gasteiger partial charge in [0, 0.05) is 50.2 Å². The van der Waals surface area contributed by atoms with Crippen LogP contribution in [0, 0.1) is 13.8 Å². The summed E-state index contributed by atoms with van der Waals surface area (Å²) in [6, 6.07) is 11.9. The number of hydrogen-bond acceptors (Lipinski definition) is 7. The molecular weight excluding hydrogens is 424 g/mol. The minimum absolute atomic E-state index is 0.0449. The van der Waals surface area contributed by atoms with Crippen molar-refractivity contribution in [2.45, 2.75) is 31.2 Å². The quantitative estimate of drug-likeness (QED) is 0.503. The first-order valence-corrected chi connectivity index (χ1v) is 11.7. The van der Waals surface area contributed by atoms with Crippen molar-refractivity contribution in [3.05, 3.63) is 70.7 Å². The zero-order chi connectivity index (χ0) is 22.5. The van der Waals surface area contributed by atoms with Crippen LogP contribution < -0.4 is 4.74 Å². The monoisotopic (exact) mass is 452 g/mol. The molecule has 0 radical (unpaired) electrons. The zero-order valence-electron chi connectivity index (χ0n) is 18.7. The van der Waals surface area contributed by atoms with Crippen LogP contribution in [0.15, 0.2) is 52.1 Å². The van der Waals surface area contributed by atoms with E-state index < -0.39 is 0 Å². The fourth-order valence-electron chi connectivity index (χ4n) is 3.79. The predicted molar refractivity (Wildman–Crippen MR) is 124 cm³/mol. The van der Waals surface area contributed by atoms with E-state index >= 15 is 0 Å². The van der Waals surface area contributed by atoms with Crippen molar-refractivity contribution < 1.29 is 14.1 Å². The summed E-state index contributed by atoms with van der Waals surface area (Å²) in [4.78, 5) is 22.1. The highest BCUT2D eigenvalue weighted by Crippen LogP contribution is 2.28. The number of piperazine rings is 1. The number of pyridine rings is 1. The van der Waals surface area contributed by atoms with Crippen molar-refractivity contribution >= 4 is 17.7 Å². The van der Waals surface area contributed by atoms with Crippen LogP contribution in [-0.4, -0.2) is 59.1 Å². The zero-order valence-corrected chi connectivity index (χ0v) is 19.5. The third kappa shape index (κ3) is 5.14. The van der Waals surface area contributed by atoms with Gasteiger partial charge in [0.2, 0.25) is 0 Å². The average Bonchev–Trinajstić information content (AvgIpc) is 3.15. The van der Waals surface area contributed by atoms with E-state index in [1.807, 2.05) is 43.0 Å². The second kappa shape index (κ2) is 10.2. The number of benzene rings is 1. The fraction of sp³-hybridized carbons (Fsp3) is 0.375. The molecule has 3 aromatic rings. The maximum Gasteiger partial charge on any atom is 0.256 e. The molecule has 1 amide bonds. The lowest BCUT2D eigenvalue weighted by atomic mass is 10.1. The number of aryl methyl sites for hydroxylation is 2. The molecule has 0 aliphatic carbocycles. The summed E-state index contributed by atoms with van der Waals surface area (Å²) in [5, 5.41) is 4.76. The molecule has 4 rings (SSSR count). The van der Waals surface area contributed by atoms with Gasteiger partial charge in [-0.2, -0.15) is 0 Å². The number of thioether (sulfide) groups is 1. The molecule has 0 unspecified atom stereocenters. The largest absolute Gasteiger partial charge is 0.497 e. The first kappa shape index (κ1) is 22.4. The van der Waals surface area contributed by atoms with Gasteiger partial charge in [-0.3, -0.25) is 9.69 Å². The number of aromatic nitrogens is 2.